The maximum atomic E-state index is 13.2. The van der Waals surface area contributed by atoms with Gasteiger partial charge in [-0.15, -0.1) is 0 Å². The Morgan fingerprint density at radius 1 is 1.11 bits per heavy atom. The van der Waals surface area contributed by atoms with Crippen molar-refractivity contribution in [1.29, 1.82) is 0 Å². The van der Waals surface area contributed by atoms with Crippen molar-refractivity contribution in [2.75, 3.05) is 11.9 Å². The van der Waals surface area contributed by atoms with E-state index in [0.717, 1.165) is 17.0 Å². The number of carbonyl (C=O) groups excluding carboxylic acids is 3. The van der Waals surface area contributed by atoms with E-state index in [9.17, 15) is 23.2 Å². The van der Waals surface area contributed by atoms with Gasteiger partial charge in [-0.3, -0.25) is 14.5 Å². The van der Waals surface area contributed by atoms with Crippen LogP contribution in [0.25, 0.3) is 0 Å². The third kappa shape index (κ3) is 3.38. The summed E-state index contributed by atoms with van der Waals surface area (Å²) in [5.41, 5.74) is -0.592. The van der Waals surface area contributed by atoms with Gasteiger partial charge in [0.1, 0.15) is 12.1 Å². The number of anilines is 1. The predicted molar refractivity (Wildman–Crippen MR) is 93.6 cm³/mol. The predicted octanol–water partition coefficient (Wildman–Crippen LogP) is 2.76. The lowest BCUT2D eigenvalue weighted by atomic mass is 9.87. The van der Waals surface area contributed by atoms with Crippen LogP contribution in [0.5, 0.6) is 0 Å². The first-order valence-electron chi connectivity index (χ1n) is 8.32. The van der Waals surface area contributed by atoms with Crippen LogP contribution < -0.4 is 10.6 Å². The topological polar surface area (TPSA) is 78.5 Å². The van der Waals surface area contributed by atoms with E-state index in [-0.39, 0.29) is 5.69 Å². The van der Waals surface area contributed by atoms with Crippen LogP contribution in [-0.4, -0.2) is 29.3 Å². The molecule has 1 aliphatic rings. The molecule has 1 saturated heterocycles. The summed E-state index contributed by atoms with van der Waals surface area (Å²) in [6, 6.07) is 10.9. The van der Waals surface area contributed by atoms with Crippen LogP contribution in [0, 0.1) is 11.6 Å². The van der Waals surface area contributed by atoms with Crippen LogP contribution in [0.2, 0.25) is 0 Å². The number of carbonyl (C=O) groups is 3. The van der Waals surface area contributed by atoms with Crippen molar-refractivity contribution in [3.8, 4) is 0 Å². The van der Waals surface area contributed by atoms with Gasteiger partial charge < -0.3 is 10.6 Å². The first kappa shape index (κ1) is 18.5. The summed E-state index contributed by atoms with van der Waals surface area (Å²) in [6.45, 7) is 1.22. The number of hydrogen-bond acceptors (Lipinski definition) is 3. The van der Waals surface area contributed by atoms with Gasteiger partial charge in [0.15, 0.2) is 11.6 Å². The smallest absolute Gasteiger partial charge is 0.324 e. The highest BCUT2D eigenvalue weighted by molar-refractivity contribution is 6.10. The second-order valence-corrected chi connectivity index (χ2v) is 6.12. The van der Waals surface area contributed by atoms with Crippen molar-refractivity contribution in [2.24, 2.45) is 0 Å². The van der Waals surface area contributed by atoms with Gasteiger partial charge in [-0.2, -0.15) is 0 Å². The van der Waals surface area contributed by atoms with Crippen LogP contribution in [0.15, 0.2) is 48.5 Å². The van der Waals surface area contributed by atoms with E-state index in [1.165, 1.54) is 6.07 Å². The molecule has 6 nitrogen and oxygen atoms in total. The number of urea groups is 1. The molecule has 4 amide bonds. The molecule has 1 heterocycles. The fourth-order valence-corrected chi connectivity index (χ4v) is 3.05. The van der Waals surface area contributed by atoms with Crippen molar-refractivity contribution in [2.45, 2.75) is 18.9 Å². The zero-order valence-electron chi connectivity index (χ0n) is 14.5. The summed E-state index contributed by atoms with van der Waals surface area (Å²) in [5.74, 6) is -3.40. The Kier molecular flexibility index (Phi) is 4.89. The van der Waals surface area contributed by atoms with E-state index in [2.05, 4.69) is 10.6 Å². The normalized spacial score (nSPS) is 19.1. The van der Waals surface area contributed by atoms with Crippen LogP contribution in [0.1, 0.15) is 18.9 Å². The number of nitrogens with zero attached hydrogens (tertiary/aromatic N) is 1. The Morgan fingerprint density at radius 2 is 1.81 bits per heavy atom. The molecular formula is C19H17F2N3O3. The highest BCUT2D eigenvalue weighted by Crippen LogP contribution is 2.32. The van der Waals surface area contributed by atoms with Crippen LogP contribution in [0.4, 0.5) is 19.3 Å². The van der Waals surface area contributed by atoms with E-state index in [1.54, 1.807) is 37.3 Å². The van der Waals surface area contributed by atoms with E-state index in [0.29, 0.717) is 12.0 Å². The molecule has 2 aromatic rings. The second-order valence-electron chi connectivity index (χ2n) is 6.12. The maximum Gasteiger partial charge on any atom is 0.325 e. The summed E-state index contributed by atoms with van der Waals surface area (Å²) < 4.78 is 26.2. The average molecular weight is 373 g/mol. The summed E-state index contributed by atoms with van der Waals surface area (Å²) in [7, 11) is 0. The van der Waals surface area contributed by atoms with Gasteiger partial charge in [0.05, 0.1) is 0 Å². The van der Waals surface area contributed by atoms with E-state index >= 15 is 0 Å². The lowest BCUT2D eigenvalue weighted by Crippen LogP contribution is -2.44. The van der Waals surface area contributed by atoms with Crippen molar-refractivity contribution >= 4 is 23.5 Å². The highest BCUT2D eigenvalue weighted by atomic mass is 19.2. The summed E-state index contributed by atoms with van der Waals surface area (Å²) >= 11 is 0. The summed E-state index contributed by atoms with van der Waals surface area (Å²) in [5, 5.41) is 5.01. The molecule has 8 heteroatoms. The SMILES string of the molecule is CC[C@@]1(c2ccccc2)NC(=O)N(CC(=O)Nc2ccc(F)c(F)c2)C1=O. The molecule has 27 heavy (non-hydrogen) atoms. The molecule has 140 valence electrons. The zero-order chi connectivity index (χ0) is 19.6. The fraction of sp³-hybridized carbons (Fsp3) is 0.211. The Morgan fingerprint density at radius 3 is 2.44 bits per heavy atom. The summed E-state index contributed by atoms with van der Waals surface area (Å²) in [6.07, 6.45) is 0.308. The van der Waals surface area contributed by atoms with Crippen LogP contribution >= 0.6 is 0 Å². The Balaban J connectivity index is 1.77. The van der Waals surface area contributed by atoms with Crippen molar-refractivity contribution in [3.05, 3.63) is 65.7 Å². The Hall–Kier alpha value is -3.29. The van der Waals surface area contributed by atoms with Gasteiger partial charge in [-0.25, -0.2) is 13.6 Å². The van der Waals surface area contributed by atoms with Gasteiger partial charge in [-0.1, -0.05) is 37.3 Å². The minimum Gasteiger partial charge on any atom is -0.324 e. The van der Waals surface area contributed by atoms with Crippen LogP contribution in [0.3, 0.4) is 0 Å². The van der Waals surface area contributed by atoms with Gasteiger partial charge in [0.2, 0.25) is 5.91 Å². The monoisotopic (exact) mass is 373 g/mol. The average Bonchev–Trinajstić information content (AvgIpc) is 2.90. The largest absolute Gasteiger partial charge is 0.325 e. The first-order valence-corrected chi connectivity index (χ1v) is 8.32. The molecule has 0 unspecified atom stereocenters. The number of imide groups is 1. The van der Waals surface area contributed by atoms with Gasteiger partial charge >= 0.3 is 6.03 Å². The van der Waals surface area contributed by atoms with E-state index in [4.69, 9.17) is 0 Å². The highest BCUT2D eigenvalue weighted by Gasteiger charge is 2.51. The summed E-state index contributed by atoms with van der Waals surface area (Å²) in [4.78, 5) is 38.2. The molecule has 2 aromatic carbocycles. The van der Waals surface area contributed by atoms with Crippen LogP contribution in [-0.2, 0) is 15.1 Å². The van der Waals surface area contributed by atoms with Gasteiger partial charge in [-0.05, 0) is 24.1 Å². The van der Waals surface area contributed by atoms with Crippen molar-refractivity contribution in [1.82, 2.24) is 10.2 Å². The number of benzene rings is 2. The molecule has 0 aromatic heterocycles. The first-order chi connectivity index (χ1) is 12.9. The molecule has 2 N–H and O–H groups in total. The number of halogens is 2. The molecular weight excluding hydrogens is 356 g/mol. The number of nitrogens with one attached hydrogen (secondary N) is 2. The van der Waals surface area contributed by atoms with E-state index in [1.807, 2.05) is 0 Å². The number of hydrogen-bond donors (Lipinski definition) is 2. The van der Waals surface area contributed by atoms with E-state index < -0.39 is 41.6 Å². The van der Waals surface area contributed by atoms with Gasteiger partial charge in [0, 0.05) is 11.8 Å². The third-order valence-electron chi connectivity index (χ3n) is 4.48. The zero-order valence-corrected chi connectivity index (χ0v) is 14.5. The third-order valence-corrected chi connectivity index (χ3v) is 4.48. The molecule has 1 fully saturated rings. The molecule has 1 atom stereocenters. The molecule has 0 aliphatic carbocycles. The number of rotatable bonds is 5. The Bertz CT molecular complexity index is 904. The standard InChI is InChI=1S/C19H17F2N3O3/c1-2-19(12-6-4-3-5-7-12)17(26)24(18(27)23-19)11-16(25)22-13-8-9-14(20)15(21)10-13/h3-10H,2,11H2,1H3,(H,22,25)(H,23,27)/t19-/m0/s1. The minimum atomic E-state index is -1.24. The lowest BCUT2D eigenvalue weighted by Gasteiger charge is -2.25. The lowest BCUT2D eigenvalue weighted by molar-refractivity contribution is -0.134. The second kappa shape index (κ2) is 7.14. The fourth-order valence-electron chi connectivity index (χ4n) is 3.05. The molecule has 0 spiro atoms. The molecule has 0 bridgehead atoms. The molecule has 0 radical (unpaired) electrons. The van der Waals surface area contributed by atoms with Crippen molar-refractivity contribution in [3.63, 3.8) is 0 Å². The molecule has 0 saturated carbocycles. The van der Waals surface area contributed by atoms with Gasteiger partial charge in [0.25, 0.3) is 5.91 Å². The minimum absolute atomic E-state index is 0.0239. The Labute approximate surface area is 154 Å². The maximum absolute atomic E-state index is 13.2. The number of amides is 4. The molecule has 3 rings (SSSR count). The quantitative estimate of drug-likeness (QED) is 0.791. The molecule has 1 aliphatic heterocycles. The van der Waals surface area contributed by atoms with Crippen molar-refractivity contribution < 1.29 is 23.2 Å².